The van der Waals surface area contributed by atoms with Crippen molar-refractivity contribution < 1.29 is 59.8 Å². The summed E-state index contributed by atoms with van der Waals surface area (Å²) in [4.78, 5) is 0. The summed E-state index contributed by atoms with van der Waals surface area (Å²) in [5, 5.41) is 8.21. The van der Waals surface area contributed by atoms with Crippen LogP contribution in [0, 0.1) is 0 Å². The van der Waals surface area contributed by atoms with Crippen LogP contribution in [-0.2, 0) is 10.2 Å². The number of rotatable bonds is 0. The predicted molar refractivity (Wildman–Crippen MR) is 17.3 cm³/mol. The molecule has 0 unspecified atom stereocenters. The van der Waals surface area contributed by atoms with Crippen LogP contribution in [0.5, 0.6) is 0 Å². The van der Waals surface area contributed by atoms with Crippen molar-refractivity contribution in [2.24, 2.45) is 10.3 Å². The minimum Gasteiger partial charge on any atom is -0.216 e. The normalized spacial score (nSPS) is 9.67. The van der Waals surface area contributed by atoms with Crippen molar-refractivity contribution in [1.82, 2.24) is 0 Å². The minimum absolute atomic E-state index is 0. The molecule has 6 heavy (non-hydrogen) atoms. The van der Waals surface area contributed by atoms with Crippen LogP contribution in [0.3, 0.4) is 0 Å². The third-order valence-corrected chi connectivity index (χ3v) is 0. The number of hydrogen-bond acceptors (Lipinski definition) is 2. The van der Waals surface area contributed by atoms with Crippen molar-refractivity contribution in [2.45, 2.75) is 0 Å². The van der Waals surface area contributed by atoms with Crippen molar-refractivity contribution in [3.8, 4) is 0 Å². The molecule has 4 nitrogen and oxygen atoms in total. The minimum atomic E-state index is -3.67. The van der Waals surface area contributed by atoms with Gasteiger partial charge >= 0.3 is 51.4 Å². The van der Waals surface area contributed by atoms with E-state index in [2.05, 4.69) is 10.3 Å². The van der Waals surface area contributed by atoms with Crippen molar-refractivity contribution in [2.75, 3.05) is 0 Å². The smallest absolute Gasteiger partial charge is 0.216 e. The SMILES string of the molecule is NS(N)(=O)=O.[K+]. The summed E-state index contributed by atoms with van der Waals surface area (Å²) in [6.07, 6.45) is 0. The molecule has 0 aliphatic rings. The second-order valence-electron chi connectivity index (χ2n) is 0.589. The number of nitrogens with two attached hydrogens (primary N) is 2. The van der Waals surface area contributed by atoms with E-state index in [9.17, 15) is 8.42 Å². The first kappa shape index (κ1) is 10.5. The molecule has 32 valence electrons. The van der Waals surface area contributed by atoms with Crippen LogP contribution in [-0.4, -0.2) is 8.42 Å². The Morgan fingerprint density at radius 1 is 1.17 bits per heavy atom. The van der Waals surface area contributed by atoms with Gasteiger partial charge in [-0.2, -0.15) is 8.42 Å². The first-order valence-corrected chi connectivity index (χ1v) is 2.41. The molecule has 0 spiro atoms. The molecule has 0 saturated carbocycles. The molecule has 0 saturated heterocycles. The maximum atomic E-state index is 9.19. The summed E-state index contributed by atoms with van der Waals surface area (Å²) in [6.45, 7) is 0. The molecule has 0 amide bonds. The Bertz CT molecular complexity index is 94.7. The molecule has 0 bridgehead atoms. The first-order valence-electron chi connectivity index (χ1n) is 0.805. The molecule has 6 heteroatoms. The van der Waals surface area contributed by atoms with Crippen molar-refractivity contribution in [3.63, 3.8) is 0 Å². The van der Waals surface area contributed by atoms with Crippen LogP contribution in [0.2, 0.25) is 0 Å². The van der Waals surface area contributed by atoms with Crippen LogP contribution in [0.1, 0.15) is 0 Å². The van der Waals surface area contributed by atoms with Crippen LogP contribution in [0.4, 0.5) is 0 Å². The van der Waals surface area contributed by atoms with Gasteiger partial charge in [0, 0.05) is 0 Å². The van der Waals surface area contributed by atoms with Crippen LogP contribution >= 0.6 is 0 Å². The zero-order chi connectivity index (χ0) is 4.50. The van der Waals surface area contributed by atoms with Gasteiger partial charge in [0.2, 0.25) is 0 Å². The molecule has 0 radical (unpaired) electrons. The van der Waals surface area contributed by atoms with Gasteiger partial charge in [-0.3, -0.25) is 0 Å². The second kappa shape index (κ2) is 3.50. The molecule has 0 aromatic carbocycles. The Morgan fingerprint density at radius 2 is 1.17 bits per heavy atom. The zero-order valence-electron chi connectivity index (χ0n) is 3.38. The Morgan fingerprint density at radius 3 is 1.17 bits per heavy atom. The summed E-state index contributed by atoms with van der Waals surface area (Å²) in [6, 6.07) is 0. The molecular formula is H4KN2O2S+. The van der Waals surface area contributed by atoms with Gasteiger partial charge in [-0.15, -0.1) is 0 Å². The van der Waals surface area contributed by atoms with Crippen molar-refractivity contribution in [1.29, 1.82) is 0 Å². The standard InChI is InChI=1S/K.H4N2O2S/c;1-5(2,3)4/h;(H4,1,2,3,4)/q+1;. The quantitative estimate of drug-likeness (QED) is 0.326. The molecule has 4 N–H and O–H groups in total. The van der Waals surface area contributed by atoms with E-state index in [4.69, 9.17) is 0 Å². The third kappa shape index (κ3) is 49.3. The molecular weight excluding hydrogens is 131 g/mol. The second-order valence-corrected chi connectivity index (χ2v) is 1.77. The molecule has 0 atom stereocenters. The van der Waals surface area contributed by atoms with Crippen LogP contribution in [0.15, 0.2) is 0 Å². The fourth-order valence-electron chi connectivity index (χ4n) is 0. The van der Waals surface area contributed by atoms with E-state index in [0.717, 1.165) is 0 Å². The van der Waals surface area contributed by atoms with Gasteiger partial charge in [0.05, 0.1) is 0 Å². The van der Waals surface area contributed by atoms with Gasteiger partial charge in [0.1, 0.15) is 0 Å². The average molecular weight is 135 g/mol. The summed E-state index contributed by atoms with van der Waals surface area (Å²) >= 11 is 0. The summed E-state index contributed by atoms with van der Waals surface area (Å²) in [5.74, 6) is 0. The molecule has 0 aliphatic carbocycles. The third-order valence-electron chi connectivity index (χ3n) is 0. The van der Waals surface area contributed by atoms with Gasteiger partial charge in [0.25, 0.3) is 10.2 Å². The molecule has 0 rings (SSSR count). The maximum absolute atomic E-state index is 9.19. The Hall–Kier alpha value is 1.51. The van der Waals surface area contributed by atoms with Crippen LogP contribution < -0.4 is 61.7 Å². The molecule has 0 aromatic heterocycles. The first-order chi connectivity index (χ1) is 2.00. The van der Waals surface area contributed by atoms with E-state index in [1.165, 1.54) is 0 Å². The van der Waals surface area contributed by atoms with Gasteiger partial charge in [0.15, 0.2) is 0 Å². The van der Waals surface area contributed by atoms with Gasteiger partial charge in [-0.1, -0.05) is 0 Å². The summed E-state index contributed by atoms with van der Waals surface area (Å²) in [7, 11) is -3.67. The largest absolute Gasteiger partial charge is 1.00 e. The van der Waals surface area contributed by atoms with E-state index in [-0.39, 0.29) is 51.4 Å². The Labute approximate surface area is 78.9 Å². The topological polar surface area (TPSA) is 86.2 Å². The Kier molecular flexibility index (Phi) is 6.12. The van der Waals surface area contributed by atoms with E-state index in [1.807, 2.05) is 0 Å². The predicted octanol–water partition coefficient (Wildman–Crippen LogP) is -4.85. The van der Waals surface area contributed by atoms with Crippen molar-refractivity contribution in [3.05, 3.63) is 0 Å². The number of hydrogen-bond donors (Lipinski definition) is 2. The summed E-state index contributed by atoms with van der Waals surface area (Å²) < 4.78 is 18.4. The average Bonchev–Trinajstić information content (AvgIpc) is 0.722. The van der Waals surface area contributed by atoms with E-state index in [0.29, 0.717) is 0 Å². The Balaban J connectivity index is 0. The summed E-state index contributed by atoms with van der Waals surface area (Å²) in [5.41, 5.74) is 0. The van der Waals surface area contributed by atoms with Gasteiger partial charge < -0.3 is 0 Å². The molecule has 0 aromatic rings. The maximum Gasteiger partial charge on any atom is 1.00 e. The van der Waals surface area contributed by atoms with Crippen molar-refractivity contribution >= 4 is 10.2 Å². The zero-order valence-corrected chi connectivity index (χ0v) is 7.32. The van der Waals surface area contributed by atoms with Gasteiger partial charge in [-0.25, -0.2) is 10.3 Å². The molecule has 0 aliphatic heterocycles. The molecule has 0 heterocycles. The molecule has 0 fully saturated rings. The van der Waals surface area contributed by atoms with E-state index >= 15 is 0 Å². The van der Waals surface area contributed by atoms with Gasteiger partial charge in [-0.05, 0) is 0 Å². The van der Waals surface area contributed by atoms with Crippen LogP contribution in [0.25, 0.3) is 0 Å². The fourth-order valence-corrected chi connectivity index (χ4v) is 0. The van der Waals surface area contributed by atoms with E-state index in [1.54, 1.807) is 0 Å². The monoisotopic (exact) mass is 135 g/mol. The fraction of sp³-hybridized carbons (Fsp3) is 0. The van der Waals surface area contributed by atoms with E-state index < -0.39 is 10.2 Å².